The second kappa shape index (κ2) is 5.30. The first kappa shape index (κ1) is 12.2. The van der Waals surface area contributed by atoms with Crippen LogP contribution in [0.5, 0.6) is 0 Å². The van der Waals surface area contributed by atoms with Crippen molar-refractivity contribution >= 4 is 11.6 Å². The monoisotopic (exact) mass is 222 g/mol. The minimum Gasteiger partial charge on any atom is -0.398 e. The van der Waals surface area contributed by atoms with E-state index < -0.39 is 5.82 Å². The summed E-state index contributed by atoms with van der Waals surface area (Å²) in [5, 5.41) is 2.64. The van der Waals surface area contributed by atoms with Crippen LogP contribution >= 0.6 is 0 Å². The van der Waals surface area contributed by atoms with Gasteiger partial charge in [0.1, 0.15) is 5.82 Å². The van der Waals surface area contributed by atoms with E-state index >= 15 is 0 Å². The first-order valence-electron chi connectivity index (χ1n) is 4.97. The van der Waals surface area contributed by atoms with E-state index in [-0.39, 0.29) is 17.2 Å². The van der Waals surface area contributed by atoms with Gasteiger partial charge in [-0.25, -0.2) is 4.39 Å². The third kappa shape index (κ3) is 3.38. The minimum absolute atomic E-state index is 0.169. The lowest BCUT2D eigenvalue weighted by Crippen LogP contribution is -2.24. The first-order valence-corrected chi connectivity index (χ1v) is 4.97. The van der Waals surface area contributed by atoms with E-state index in [2.05, 4.69) is 5.32 Å². The normalized spacial score (nSPS) is 9.69. The fraction of sp³-hybridized carbons (Fsp3) is 0.250. The first-order chi connectivity index (χ1) is 7.50. The van der Waals surface area contributed by atoms with Crippen LogP contribution < -0.4 is 11.1 Å². The molecule has 0 aromatic heterocycles. The van der Waals surface area contributed by atoms with Gasteiger partial charge in [-0.05, 0) is 32.0 Å². The van der Waals surface area contributed by atoms with Crippen molar-refractivity contribution in [3.05, 3.63) is 41.2 Å². The number of nitrogen functional groups attached to an aromatic ring is 1. The topological polar surface area (TPSA) is 55.1 Å². The van der Waals surface area contributed by atoms with E-state index in [1.165, 1.54) is 12.1 Å². The van der Waals surface area contributed by atoms with Gasteiger partial charge in [-0.1, -0.05) is 11.6 Å². The van der Waals surface area contributed by atoms with E-state index in [1.807, 2.05) is 19.9 Å². The van der Waals surface area contributed by atoms with Crippen LogP contribution in [0.15, 0.2) is 29.8 Å². The van der Waals surface area contributed by atoms with Gasteiger partial charge in [0.2, 0.25) is 0 Å². The van der Waals surface area contributed by atoms with Crippen molar-refractivity contribution in [2.45, 2.75) is 13.8 Å². The Bertz CT molecular complexity index is 423. The maximum absolute atomic E-state index is 12.9. The number of nitrogens with two attached hydrogens (primary N) is 1. The Balaban J connectivity index is 2.73. The third-order valence-electron chi connectivity index (χ3n) is 2.03. The van der Waals surface area contributed by atoms with Crippen LogP contribution in [0, 0.1) is 5.82 Å². The van der Waals surface area contributed by atoms with Gasteiger partial charge in [0.05, 0.1) is 5.56 Å². The Labute approximate surface area is 94.1 Å². The SMILES string of the molecule is CC(C)=CCNC(=O)c1cc(F)ccc1N. The number of amides is 1. The zero-order chi connectivity index (χ0) is 12.1. The average Bonchev–Trinajstić information content (AvgIpc) is 2.21. The van der Waals surface area contributed by atoms with Crippen molar-refractivity contribution in [3.8, 4) is 0 Å². The predicted molar refractivity (Wildman–Crippen MR) is 62.6 cm³/mol. The summed E-state index contributed by atoms with van der Waals surface area (Å²) in [6, 6.07) is 3.74. The number of carbonyl (C=O) groups excluding carboxylic acids is 1. The average molecular weight is 222 g/mol. The summed E-state index contributed by atoms with van der Waals surface area (Å²) in [6.45, 7) is 4.28. The molecule has 16 heavy (non-hydrogen) atoms. The van der Waals surface area contributed by atoms with Crippen LogP contribution in [0.2, 0.25) is 0 Å². The lowest BCUT2D eigenvalue weighted by atomic mass is 10.1. The van der Waals surface area contributed by atoms with Gasteiger partial charge in [-0.2, -0.15) is 0 Å². The molecule has 1 rings (SSSR count). The summed E-state index contributed by atoms with van der Waals surface area (Å²) in [7, 11) is 0. The zero-order valence-electron chi connectivity index (χ0n) is 9.38. The molecule has 1 aromatic carbocycles. The number of hydrogen-bond acceptors (Lipinski definition) is 2. The van der Waals surface area contributed by atoms with Gasteiger partial charge in [-0.15, -0.1) is 0 Å². The van der Waals surface area contributed by atoms with Crippen molar-refractivity contribution in [1.82, 2.24) is 5.32 Å². The van der Waals surface area contributed by atoms with Crippen LogP contribution in [0.25, 0.3) is 0 Å². The number of nitrogens with one attached hydrogen (secondary N) is 1. The van der Waals surface area contributed by atoms with Gasteiger partial charge in [-0.3, -0.25) is 4.79 Å². The number of hydrogen-bond donors (Lipinski definition) is 2. The Morgan fingerprint density at radius 2 is 2.19 bits per heavy atom. The largest absolute Gasteiger partial charge is 0.398 e. The molecule has 86 valence electrons. The molecular formula is C12H15FN2O. The van der Waals surface area contributed by atoms with E-state index in [0.29, 0.717) is 6.54 Å². The van der Waals surface area contributed by atoms with Crippen LogP contribution in [0.1, 0.15) is 24.2 Å². The second-order valence-electron chi connectivity index (χ2n) is 3.72. The summed E-state index contributed by atoms with van der Waals surface area (Å²) in [4.78, 5) is 11.6. The lowest BCUT2D eigenvalue weighted by Gasteiger charge is -2.05. The van der Waals surface area contributed by atoms with Gasteiger partial charge in [0.25, 0.3) is 5.91 Å². The molecule has 3 N–H and O–H groups in total. The van der Waals surface area contributed by atoms with Gasteiger partial charge >= 0.3 is 0 Å². The van der Waals surface area contributed by atoms with E-state index in [0.717, 1.165) is 11.6 Å². The summed E-state index contributed by atoms with van der Waals surface area (Å²) in [5.41, 5.74) is 7.13. The zero-order valence-corrected chi connectivity index (χ0v) is 9.38. The highest BCUT2D eigenvalue weighted by atomic mass is 19.1. The molecule has 0 heterocycles. The highest BCUT2D eigenvalue weighted by Gasteiger charge is 2.09. The molecule has 0 saturated carbocycles. The predicted octanol–water partition coefficient (Wildman–Crippen LogP) is 2.10. The molecule has 1 aromatic rings. The molecule has 0 aliphatic rings. The van der Waals surface area contributed by atoms with E-state index in [4.69, 9.17) is 5.73 Å². The van der Waals surface area contributed by atoms with Crippen molar-refractivity contribution in [1.29, 1.82) is 0 Å². The van der Waals surface area contributed by atoms with Crippen molar-refractivity contribution in [2.75, 3.05) is 12.3 Å². The molecule has 0 aliphatic heterocycles. The molecule has 1 amide bonds. The third-order valence-corrected chi connectivity index (χ3v) is 2.03. The molecule has 4 heteroatoms. The fourth-order valence-corrected chi connectivity index (χ4v) is 1.17. The second-order valence-corrected chi connectivity index (χ2v) is 3.72. The molecule has 0 radical (unpaired) electrons. The van der Waals surface area contributed by atoms with Crippen LogP contribution in [-0.4, -0.2) is 12.5 Å². The van der Waals surface area contributed by atoms with Gasteiger partial charge in [0.15, 0.2) is 0 Å². The Hall–Kier alpha value is -1.84. The molecule has 0 atom stereocenters. The van der Waals surface area contributed by atoms with Crippen LogP contribution in [0.4, 0.5) is 10.1 Å². The quantitative estimate of drug-likeness (QED) is 0.608. The van der Waals surface area contributed by atoms with Crippen molar-refractivity contribution in [3.63, 3.8) is 0 Å². The standard InChI is InChI=1S/C12H15FN2O/c1-8(2)5-6-15-12(16)10-7-9(13)3-4-11(10)14/h3-5,7H,6,14H2,1-2H3,(H,15,16). The number of halogens is 1. The number of anilines is 1. The maximum Gasteiger partial charge on any atom is 0.253 e. The smallest absolute Gasteiger partial charge is 0.253 e. The lowest BCUT2D eigenvalue weighted by molar-refractivity contribution is 0.0958. The Morgan fingerprint density at radius 1 is 1.50 bits per heavy atom. The number of benzene rings is 1. The molecule has 0 spiro atoms. The highest BCUT2D eigenvalue weighted by molar-refractivity contribution is 5.99. The number of allylic oxidation sites excluding steroid dienone is 1. The summed E-state index contributed by atoms with van der Waals surface area (Å²) >= 11 is 0. The molecular weight excluding hydrogens is 207 g/mol. The molecule has 0 fully saturated rings. The van der Waals surface area contributed by atoms with Crippen molar-refractivity contribution < 1.29 is 9.18 Å². The fourth-order valence-electron chi connectivity index (χ4n) is 1.17. The number of carbonyl (C=O) groups is 1. The molecule has 3 nitrogen and oxygen atoms in total. The highest BCUT2D eigenvalue weighted by Crippen LogP contribution is 2.12. The Kier molecular flexibility index (Phi) is 4.05. The summed E-state index contributed by atoms with van der Waals surface area (Å²) in [6.07, 6.45) is 1.87. The molecule has 0 saturated heterocycles. The molecule has 0 unspecified atom stereocenters. The number of rotatable bonds is 3. The minimum atomic E-state index is -0.471. The van der Waals surface area contributed by atoms with Crippen LogP contribution in [-0.2, 0) is 0 Å². The van der Waals surface area contributed by atoms with E-state index in [9.17, 15) is 9.18 Å². The van der Waals surface area contributed by atoms with Crippen LogP contribution in [0.3, 0.4) is 0 Å². The molecule has 0 bridgehead atoms. The Morgan fingerprint density at radius 3 is 2.81 bits per heavy atom. The van der Waals surface area contributed by atoms with Crippen molar-refractivity contribution in [2.24, 2.45) is 0 Å². The summed E-state index contributed by atoms with van der Waals surface area (Å²) in [5.74, 6) is -0.837. The van der Waals surface area contributed by atoms with E-state index in [1.54, 1.807) is 0 Å². The molecule has 0 aliphatic carbocycles. The maximum atomic E-state index is 12.9. The van der Waals surface area contributed by atoms with Gasteiger partial charge in [0, 0.05) is 12.2 Å². The summed E-state index contributed by atoms with van der Waals surface area (Å²) < 4.78 is 12.9. The van der Waals surface area contributed by atoms with Gasteiger partial charge < -0.3 is 11.1 Å².